The summed E-state index contributed by atoms with van der Waals surface area (Å²) >= 11 is 3.03. The predicted molar refractivity (Wildman–Crippen MR) is 77.1 cm³/mol. The monoisotopic (exact) mass is 267 g/mol. The van der Waals surface area contributed by atoms with Gasteiger partial charge in [0.1, 0.15) is 11.4 Å². The van der Waals surface area contributed by atoms with E-state index >= 15 is 0 Å². The molecule has 0 amide bonds. The second-order valence-corrected chi connectivity index (χ2v) is 5.58. The summed E-state index contributed by atoms with van der Waals surface area (Å²) in [5.74, 6) is 0. The van der Waals surface area contributed by atoms with E-state index < -0.39 is 0 Å². The molecule has 0 aliphatic heterocycles. The summed E-state index contributed by atoms with van der Waals surface area (Å²) < 4.78 is 11.5. The lowest BCUT2D eigenvalue weighted by molar-refractivity contribution is 1.48. The molecule has 0 atom stereocenters. The molecule has 0 N–H and O–H groups in total. The Morgan fingerprint density at radius 2 is 1.61 bits per heavy atom. The maximum atomic E-state index is 4.55. The number of fused-ring (bicyclic) bond motifs is 2. The summed E-state index contributed by atoms with van der Waals surface area (Å²) in [6, 6.07) is 17.5. The van der Waals surface area contributed by atoms with Crippen LogP contribution in [-0.2, 0) is 0 Å². The Bertz CT molecular complexity index is 773. The molecule has 85 valence electrons. The first-order chi connectivity index (χ1) is 8.93. The van der Waals surface area contributed by atoms with Crippen LogP contribution in [0.2, 0.25) is 0 Å². The lowest BCUT2D eigenvalue weighted by Gasteiger charge is -1.94. The highest BCUT2D eigenvalue weighted by Crippen LogP contribution is 2.35. The largest absolute Gasteiger partial charge is 0.190 e. The van der Waals surface area contributed by atoms with Crippen molar-refractivity contribution in [3.8, 4) is 11.4 Å². The van der Waals surface area contributed by atoms with Gasteiger partial charge in [0.05, 0.1) is 9.40 Å². The summed E-state index contributed by atoms with van der Waals surface area (Å²) in [5.41, 5.74) is 1.93. The van der Waals surface area contributed by atoms with Gasteiger partial charge in [0, 0.05) is 10.8 Å². The maximum absolute atomic E-state index is 4.55. The smallest absolute Gasteiger partial charge is 0.113 e. The van der Waals surface area contributed by atoms with Crippen molar-refractivity contribution in [1.29, 1.82) is 0 Å². The van der Waals surface area contributed by atoms with Gasteiger partial charge in [0.2, 0.25) is 0 Å². The van der Waals surface area contributed by atoms with Gasteiger partial charge in [0.25, 0.3) is 0 Å². The van der Waals surface area contributed by atoms with Crippen molar-refractivity contribution in [3.63, 3.8) is 0 Å². The van der Waals surface area contributed by atoms with Crippen LogP contribution < -0.4 is 0 Å². The number of hydrogen-bond acceptors (Lipinski definition) is 4. The average molecular weight is 267 g/mol. The Balaban J connectivity index is 2.08. The van der Waals surface area contributed by atoms with Crippen molar-refractivity contribution in [2.75, 3.05) is 0 Å². The van der Waals surface area contributed by atoms with Crippen molar-refractivity contribution in [3.05, 3.63) is 48.5 Å². The van der Waals surface area contributed by atoms with E-state index in [1.54, 1.807) is 0 Å². The predicted octanol–water partition coefficient (Wildman–Crippen LogP) is 4.37. The molecule has 0 unspecified atom stereocenters. The van der Waals surface area contributed by atoms with E-state index in [9.17, 15) is 0 Å². The Kier molecular flexibility index (Phi) is 2.18. The third kappa shape index (κ3) is 1.39. The van der Waals surface area contributed by atoms with Crippen LogP contribution >= 0.6 is 23.1 Å². The van der Waals surface area contributed by atoms with Crippen LogP contribution in [0.4, 0.5) is 0 Å². The van der Waals surface area contributed by atoms with Gasteiger partial charge in [-0.1, -0.05) is 30.3 Å². The summed E-state index contributed by atoms with van der Waals surface area (Å²) in [4.78, 5) is 0. The number of rotatable bonds is 1. The van der Waals surface area contributed by atoms with E-state index in [0.717, 1.165) is 21.5 Å². The first-order valence-electron chi connectivity index (χ1n) is 5.54. The fourth-order valence-electron chi connectivity index (χ4n) is 2.04. The molecule has 0 bridgehead atoms. The topological polar surface area (TPSA) is 25.8 Å². The van der Waals surface area contributed by atoms with E-state index in [4.69, 9.17) is 0 Å². The van der Waals surface area contributed by atoms with Crippen LogP contribution in [0.25, 0.3) is 31.6 Å². The molecular formula is C14H7N2S2. The normalized spacial score (nSPS) is 11.3. The maximum Gasteiger partial charge on any atom is 0.113 e. The lowest BCUT2D eigenvalue weighted by atomic mass is 10.1. The number of hydrogen-bond donors (Lipinski definition) is 0. The number of benzene rings is 2. The highest BCUT2D eigenvalue weighted by Gasteiger charge is 2.14. The number of nitrogens with zero attached hydrogens (tertiary/aromatic N) is 2. The van der Waals surface area contributed by atoms with Crippen molar-refractivity contribution in [1.82, 2.24) is 8.75 Å². The van der Waals surface area contributed by atoms with E-state index in [0.29, 0.717) is 0 Å². The van der Waals surface area contributed by atoms with E-state index in [2.05, 4.69) is 33.0 Å². The molecule has 4 aromatic rings. The third-order valence-corrected chi connectivity index (χ3v) is 4.53. The molecule has 0 saturated heterocycles. The van der Waals surface area contributed by atoms with Gasteiger partial charge in [-0.3, -0.25) is 0 Å². The second-order valence-electron chi connectivity index (χ2n) is 3.97. The highest BCUT2D eigenvalue weighted by molar-refractivity contribution is 7.14. The number of aromatic nitrogens is 2. The highest BCUT2D eigenvalue weighted by atomic mass is 32.1. The minimum Gasteiger partial charge on any atom is -0.190 e. The summed E-state index contributed by atoms with van der Waals surface area (Å²) in [5, 5.41) is 2.24. The van der Waals surface area contributed by atoms with Gasteiger partial charge in [-0.25, -0.2) is 0 Å². The molecule has 2 aromatic carbocycles. The molecule has 0 saturated carbocycles. The average Bonchev–Trinajstić information content (AvgIpc) is 3.01. The SMILES string of the molecule is [c]1cccc2snc(-c3nsc4ccccc34)c12. The molecule has 0 aliphatic rings. The molecule has 2 heterocycles. The molecule has 0 spiro atoms. The van der Waals surface area contributed by atoms with E-state index in [1.807, 2.05) is 24.3 Å². The molecule has 0 fully saturated rings. The summed E-state index contributed by atoms with van der Waals surface area (Å²) in [7, 11) is 0. The Labute approximate surface area is 112 Å². The van der Waals surface area contributed by atoms with Crippen molar-refractivity contribution < 1.29 is 0 Å². The van der Waals surface area contributed by atoms with Gasteiger partial charge in [-0.2, -0.15) is 8.75 Å². The third-order valence-electron chi connectivity index (χ3n) is 2.89. The Morgan fingerprint density at radius 1 is 0.833 bits per heavy atom. The van der Waals surface area contributed by atoms with Crippen LogP contribution in [-0.4, -0.2) is 8.75 Å². The summed E-state index contributed by atoms with van der Waals surface area (Å²) in [6.07, 6.45) is 0. The molecular weight excluding hydrogens is 260 g/mol. The van der Waals surface area contributed by atoms with Crippen LogP contribution in [0.3, 0.4) is 0 Å². The van der Waals surface area contributed by atoms with Crippen LogP contribution in [0, 0.1) is 6.07 Å². The molecule has 18 heavy (non-hydrogen) atoms. The molecule has 2 nitrogen and oxygen atoms in total. The zero-order valence-electron chi connectivity index (χ0n) is 9.25. The standard InChI is InChI=1S/C14H7N2S2/c1-3-7-11-9(5-1)13(15-17-11)14-10-6-2-4-8-12(10)18-16-14/h1-5,7-8H. The van der Waals surface area contributed by atoms with Crippen LogP contribution in [0.5, 0.6) is 0 Å². The van der Waals surface area contributed by atoms with Crippen molar-refractivity contribution in [2.24, 2.45) is 0 Å². The molecule has 1 radical (unpaired) electrons. The minimum atomic E-state index is 0.952. The van der Waals surface area contributed by atoms with Crippen molar-refractivity contribution in [2.45, 2.75) is 0 Å². The van der Waals surface area contributed by atoms with Crippen LogP contribution in [0.15, 0.2) is 42.5 Å². The fraction of sp³-hybridized carbons (Fsp3) is 0. The van der Waals surface area contributed by atoms with Gasteiger partial charge in [0.15, 0.2) is 0 Å². The Hall–Kier alpha value is -1.78. The van der Waals surface area contributed by atoms with Gasteiger partial charge in [-0.05, 0) is 41.3 Å². The van der Waals surface area contributed by atoms with Gasteiger partial charge >= 0.3 is 0 Å². The summed E-state index contributed by atoms with van der Waals surface area (Å²) in [6.45, 7) is 0. The molecule has 0 aliphatic carbocycles. The molecule has 4 heteroatoms. The van der Waals surface area contributed by atoms with Crippen LogP contribution in [0.1, 0.15) is 0 Å². The molecule has 2 aromatic heterocycles. The van der Waals surface area contributed by atoms with Gasteiger partial charge in [-0.15, -0.1) is 0 Å². The van der Waals surface area contributed by atoms with E-state index in [-0.39, 0.29) is 0 Å². The van der Waals surface area contributed by atoms with Crippen molar-refractivity contribution >= 4 is 43.2 Å². The second kappa shape index (κ2) is 3.86. The zero-order chi connectivity index (χ0) is 11.9. The van der Waals surface area contributed by atoms with E-state index in [1.165, 1.54) is 33.2 Å². The quantitative estimate of drug-likeness (QED) is 0.511. The van der Waals surface area contributed by atoms with Gasteiger partial charge < -0.3 is 0 Å². The zero-order valence-corrected chi connectivity index (χ0v) is 10.9. The molecule has 4 rings (SSSR count). The first kappa shape index (κ1) is 10.2. The lowest BCUT2D eigenvalue weighted by Crippen LogP contribution is -1.78. The fourth-order valence-corrected chi connectivity index (χ4v) is 3.57. The first-order valence-corrected chi connectivity index (χ1v) is 7.09. The Morgan fingerprint density at radius 3 is 2.61 bits per heavy atom. The minimum absolute atomic E-state index is 0.952.